The van der Waals surface area contributed by atoms with E-state index in [1.165, 1.54) is 19.2 Å². The zero-order valence-corrected chi connectivity index (χ0v) is 11.7. The first-order valence-corrected chi connectivity index (χ1v) is 6.38. The van der Waals surface area contributed by atoms with E-state index in [-0.39, 0.29) is 10.9 Å². The van der Waals surface area contributed by atoms with E-state index in [2.05, 4.69) is 10.3 Å². The Labute approximate surface area is 124 Å². The lowest BCUT2D eigenvalue weighted by atomic mass is 10.3. The van der Waals surface area contributed by atoms with Crippen molar-refractivity contribution in [1.82, 2.24) is 4.98 Å². The molecule has 1 heterocycles. The molecule has 0 radical (unpaired) electrons. The average molecular weight is 313 g/mol. The highest BCUT2D eigenvalue weighted by atomic mass is 35.5. The molecule has 110 valence electrons. The normalized spacial score (nSPS) is 11.8. The number of benzene rings is 1. The zero-order chi connectivity index (χ0) is 15.4. The minimum atomic E-state index is -1.05. The van der Waals surface area contributed by atoms with Crippen molar-refractivity contribution in [3.8, 4) is 5.75 Å². The summed E-state index contributed by atoms with van der Waals surface area (Å²) >= 11 is 5.81. The van der Waals surface area contributed by atoms with Gasteiger partial charge in [0, 0.05) is 12.3 Å². The number of carbonyl (C=O) groups is 1. The molecule has 0 saturated carbocycles. The summed E-state index contributed by atoms with van der Waals surface area (Å²) in [7, 11) is 0. The molecule has 7 heteroatoms. The van der Waals surface area contributed by atoms with Gasteiger partial charge in [0.25, 0.3) is 5.91 Å². The third-order valence-corrected chi connectivity index (χ3v) is 2.89. The van der Waals surface area contributed by atoms with Crippen LogP contribution in [0.2, 0.25) is 5.15 Å². The van der Waals surface area contributed by atoms with Crippen LogP contribution >= 0.6 is 11.6 Å². The van der Waals surface area contributed by atoms with E-state index in [9.17, 15) is 13.6 Å². The predicted octanol–water partition coefficient (Wildman–Crippen LogP) is 3.42. The van der Waals surface area contributed by atoms with Gasteiger partial charge in [-0.3, -0.25) is 4.79 Å². The molecule has 0 aliphatic heterocycles. The highest BCUT2D eigenvalue weighted by Gasteiger charge is 2.17. The number of anilines is 1. The van der Waals surface area contributed by atoms with Crippen molar-refractivity contribution in [3.05, 3.63) is 53.3 Å². The van der Waals surface area contributed by atoms with Crippen molar-refractivity contribution in [3.63, 3.8) is 0 Å². The number of hydrogen-bond donors (Lipinski definition) is 1. The van der Waals surface area contributed by atoms with Crippen LogP contribution in [0.5, 0.6) is 5.75 Å². The maximum Gasteiger partial charge on any atom is 0.265 e. The Hall–Kier alpha value is -2.21. The van der Waals surface area contributed by atoms with Gasteiger partial charge >= 0.3 is 0 Å². The standard InChI is InChI=1S/C14H11ClF2N2O2/c1-8(21-9-4-5-10(16)11(17)7-9)14(20)19-12-3-2-6-18-13(12)15/h2-8H,1H3,(H,19,20)/t8-/m1/s1. The van der Waals surface area contributed by atoms with Crippen LogP contribution in [0, 0.1) is 11.6 Å². The smallest absolute Gasteiger partial charge is 0.265 e. The molecule has 2 rings (SSSR count). The quantitative estimate of drug-likeness (QED) is 0.880. The second kappa shape index (κ2) is 6.49. The Kier molecular flexibility index (Phi) is 4.70. The maximum absolute atomic E-state index is 13.0. The van der Waals surface area contributed by atoms with Crippen molar-refractivity contribution in [1.29, 1.82) is 0 Å². The Morgan fingerprint density at radius 3 is 2.76 bits per heavy atom. The van der Waals surface area contributed by atoms with Crippen molar-refractivity contribution >= 4 is 23.2 Å². The van der Waals surface area contributed by atoms with Gasteiger partial charge in [-0.2, -0.15) is 0 Å². The van der Waals surface area contributed by atoms with Crippen molar-refractivity contribution in [2.75, 3.05) is 5.32 Å². The minimum Gasteiger partial charge on any atom is -0.481 e. The Morgan fingerprint density at radius 2 is 2.10 bits per heavy atom. The summed E-state index contributed by atoms with van der Waals surface area (Å²) < 4.78 is 31.1. The molecule has 4 nitrogen and oxygen atoms in total. The van der Waals surface area contributed by atoms with E-state index in [0.717, 1.165) is 12.1 Å². The van der Waals surface area contributed by atoms with Crippen LogP contribution in [0.1, 0.15) is 6.92 Å². The molecule has 0 fully saturated rings. The number of nitrogens with zero attached hydrogens (tertiary/aromatic N) is 1. The van der Waals surface area contributed by atoms with Crippen LogP contribution in [-0.2, 0) is 4.79 Å². The van der Waals surface area contributed by atoms with Crippen molar-refractivity contribution in [2.45, 2.75) is 13.0 Å². The van der Waals surface area contributed by atoms with Crippen LogP contribution in [0.25, 0.3) is 0 Å². The van der Waals surface area contributed by atoms with Crippen LogP contribution in [0.3, 0.4) is 0 Å². The summed E-state index contributed by atoms with van der Waals surface area (Å²) in [4.78, 5) is 15.7. The lowest BCUT2D eigenvalue weighted by Crippen LogP contribution is -2.30. The van der Waals surface area contributed by atoms with Gasteiger partial charge in [0.15, 0.2) is 22.9 Å². The molecule has 0 spiro atoms. The molecular weight excluding hydrogens is 302 g/mol. The SMILES string of the molecule is C[C@@H](Oc1ccc(F)c(F)c1)C(=O)Nc1cccnc1Cl. The summed E-state index contributed by atoms with van der Waals surface area (Å²) in [5.74, 6) is -2.47. The van der Waals surface area contributed by atoms with Gasteiger partial charge in [0.2, 0.25) is 0 Å². The fourth-order valence-corrected chi connectivity index (χ4v) is 1.69. The van der Waals surface area contributed by atoms with E-state index in [4.69, 9.17) is 16.3 Å². The second-order valence-electron chi connectivity index (χ2n) is 4.17. The lowest BCUT2D eigenvalue weighted by Gasteiger charge is -2.15. The number of hydrogen-bond acceptors (Lipinski definition) is 3. The van der Waals surface area contributed by atoms with E-state index in [1.54, 1.807) is 12.1 Å². The zero-order valence-electron chi connectivity index (χ0n) is 10.9. The number of amides is 1. The molecular formula is C14H11ClF2N2O2. The van der Waals surface area contributed by atoms with Crippen LogP contribution < -0.4 is 10.1 Å². The number of carbonyl (C=O) groups excluding carboxylic acids is 1. The third-order valence-electron chi connectivity index (χ3n) is 2.59. The largest absolute Gasteiger partial charge is 0.481 e. The van der Waals surface area contributed by atoms with Gasteiger partial charge in [-0.05, 0) is 31.2 Å². The molecule has 2 aromatic rings. The molecule has 0 unspecified atom stereocenters. The van der Waals surface area contributed by atoms with Gasteiger partial charge in [0.05, 0.1) is 5.69 Å². The molecule has 0 saturated heterocycles. The number of nitrogens with one attached hydrogen (secondary N) is 1. The summed E-state index contributed by atoms with van der Waals surface area (Å²) in [5, 5.41) is 2.67. The van der Waals surface area contributed by atoms with E-state index >= 15 is 0 Å². The van der Waals surface area contributed by atoms with Gasteiger partial charge in [-0.1, -0.05) is 11.6 Å². The Bertz CT molecular complexity index is 667. The Morgan fingerprint density at radius 1 is 1.33 bits per heavy atom. The Balaban J connectivity index is 2.02. The summed E-state index contributed by atoms with van der Waals surface area (Å²) in [6, 6.07) is 6.22. The van der Waals surface area contributed by atoms with Crippen LogP contribution in [-0.4, -0.2) is 17.0 Å². The summed E-state index contributed by atoms with van der Waals surface area (Å²) in [6.07, 6.45) is 0.560. The highest BCUT2D eigenvalue weighted by molar-refractivity contribution is 6.32. The first kappa shape index (κ1) is 15.2. The topological polar surface area (TPSA) is 51.2 Å². The minimum absolute atomic E-state index is 0.0498. The van der Waals surface area contributed by atoms with Crippen molar-refractivity contribution < 1.29 is 18.3 Å². The van der Waals surface area contributed by atoms with E-state index < -0.39 is 23.6 Å². The van der Waals surface area contributed by atoms with Gasteiger partial charge in [0.1, 0.15) is 5.75 Å². The maximum atomic E-state index is 13.0. The average Bonchev–Trinajstić information content (AvgIpc) is 2.45. The fraction of sp³-hybridized carbons (Fsp3) is 0.143. The number of rotatable bonds is 4. The third kappa shape index (κ3) is 3.88. The number of ether oxygens (including phenoxy) is 1. The van der Waals surface area contributed by atoms with Gasteiger partial charge in [-0.15, -0.1) is 0 Å². The van der Waals surface area contributed by atoms with E-state index in [1.807, 2.05) is 0 Å². The van der Waals surface area contributed by atoms with Gasteiger partial charge < -0.3 is 10.1 Å². The molecule has 0 aliphatic carbocycles. The summed E-state index contributed by atoms with van der Waals surface area (Å²) in [6.45, 7) is 1.47. The molecule has 1 atom stereocenters. The highest BCUT2D eigenvalue weighted by Crippen LogP contribution is 2.19. The fourth-order valence-electron chi connectivity index (χ4n) is 1.52. The molecule has 1 aromatic heterocycles. The van der Waals surface area contributed by atoms with Crippen molar-refractivity contribution in [2.24, 2.45) is 0 Å². The number of halogens is 3. The van der Waals surface area contributed by atoms with Crippen LogP contribution in [0.4, 0.5) is 14.5 Å². The molecule has 0 aliphatic rings. The lowest BCUT2D eigenvalue weighted by molar-refractivity contribution is -0.122. The second-order valence-corrected chi connectivity index (χ2v) is 4.53. The van der Waals surface area contributed by atoms with E-state index in [0.29, 0.717) is 5.69 Å². The first-order chi connectivity index (χ1) is 9.97. The molecule has 0 bridgehead atoms. The van der Waals surface area contributed by atoms with Gasteiger partial charge in [-0.25, -0.2) is 13.8 Å². The molecule has 1 aromatic carbocycles. The summed E-state index contributed by atoms with van der Waals surface area (Å²) in [5.41, 5.74) is 0.338. The number of pyridine rings is 1. The van der Waals surface area contributed by atoms with Crippen LogP contribution in [0.15, 0.2) is 36.5 Å². The molecule has 1 amide bonds. The monoisotopic (exact) mass is 312 g/mol. The molecule has 21 heavy (non-hydrogen) atoms. The predicted molar refractivity (Wildman–Crippen MR) is 74.3 cm³/mol. The molecule has 1 N–H and O–H groups in total. The number of aromatic nitrogens is 1. The first-order valence-electron chi connectivity index (χ1n) is 6.00.